The molecule has 1 aromatic carbocycles. The third kappa shape index (κ3) is 3.43. The van der Waals surface area contributed by atoms with Gasteiger partial charge in [-0.2, -0.15) is 5.26 Å². The van der Waals surface area contributed by atoms with Gasteiger partial charge in [-0.3, -0.25) is 4.72 Å². The Morgan fingerprint density at radius 1 is 1.22 bits per heavy atom. The van der Waals surface area contributed by atoms with Crippen LogP contribution >= 0.6 is 0 Å². The lowest BCUT2D eigenvalue weighted by Gasteiger charge is -2.09. The number of sulfonamides is 2. The van der Waals surface area contributed by atoms with E-state index in [9.17, 15) is 16.8 Å². The van der Waals surface area contributed by atoms with Crippen molar-refractivity contribution < 1.29 is 16.8 Å². The van der Waals surface area contributed by atoms with Gasteiger partial charge in [0.1, 0.15) is 0 Å². The quantitative estimate of drug-likeness (QED) is 0.804. The van der Waals surface area contributed by atoms with Gasteiger partial charge in [0.25, 0.3) is 0 Å². The lowest BCUT2D eigenvalue weighted by Crippen LogP contribution is -2.23. The van der Waals surface area contributed by atoms with Crippen LogP contribution in [0.15, 0.2) is 29.2 Å². The maximum absolute atomic E-state index is 11.5. The van der Waals surface area contributed by atoms with Crippen LogP contribution in [0.1, 0.15) is 6.92 Å². The molecule has 7 nitrogen and oxygen atoms in total. The van der Waals surface area contributed by atoms with E-state index in [2.05, 4.69) is 4.72 Å². The van der Waals surface area contributed by atoms with Gasteiger partial charge in [0, 0.05) is 5.69 Å². The van der Waals surface area contributed by atoms with E-state index in [4.69, 9.17) is 10.4 Å². The number of benzene rings is 1. The van der Waals surface area contributed by atoms with Crippen LogP contribution in [0.4, 0.5) is 5.69 Å². The zero-order chi connectivity index (χ0) is 14.0. The second kappa shape index (κ2) is 4.93. The average molecular weight is 289 g/mol. The van der Waals surface area contributed by atoms with Gasteiger partial charge in [-0.15, -0.1) is 0 Å². The molecule has 0 aliphatic carbocycles. The number of anilines is 1. The number of nitriles is 1. The maximum Gasteiger partial charge on any atom is 0.248 e. The van der Waals surface area contributed by atoms with Crippen LogP contribution in [0.5, 0.6) is 0 Å². The topological polar surface area (TPSA) is 130 Å². The van der Waals surface area contributed by atoms with E-state index in [0.29, 0.717) is 0 Å². The molecular formula is C9H11N3O4S2. The van der Waals surface area contributed by atoms with Crippen LogP contribution in [0.3, 0.4) is 0 Å². The molecule has 1 atom stereocenters. The Morgan fingerprint density at radius 2 is 1.72 bits per heavy atom. The highest BCUT2D eigenvalue weighted by molar-refractivity contribution is 7.93. The van der Waals surface area contributed by atoms with Crippen molar-refractivity contribution in [3.8, 4) is 6.07 Å². The molecule has 1 unspecified atom stereocenters. The summed E-state index contributed by atoms with van der Waals surface area (Å²) < 4.78 is 47.2. The minimum absolute atomic E-state index is 0.126. The second-order valence-electron chi connectivity index (χ2n) is 3.49. The van der Waals surface area contributed by atoms with Gasteiger partial charge in [-0.1, -0.05) is 0 Å². The molecule has 98 valence electrons. The van der Waals surface area contributed by atoms with Crippen molar-refractivity contribution in [3.63, 3.8) is 0 Å². The first-order chi connectivity index (χ1) is 8.16. The minimum Gasteiger partial charge on any atom is -0.282 e. The van der Waals surface area contributed by atoms with Gasteiger partial charge in [0.15, 0.2) is 5.25 Å². The Morgan fingerprint density at radius 3 is 2.11 bits per heavy atom. The van der Waals surface area contributed by atoms with Gasteiger partial charge in [-0.05, 0) is 31.2 Å². The molecule has 0 saturated heterocycles. The summed E-state index contributed by atoms with van der Waals surface area (Å²) >= 11 is 0. The molecule has 9 heteroatoms. The molecule has 0 radical (unpaired) electrons. The fourth-order valence-electron chi connectivity index (χ4n) is 1.03. The minimum atomic E-state index is -3.81. The first-order valence-electron chi connectivity index (χ1n) is 4.71. The number of nitrogens with one attached hydrogen (secondary N) is 1. The fraction of sp³-hybridized carbons (Fsp3) is 0.222. The Balaban J connectivity index is 3.00. The largest absolute Gasteiger partial charge is 0.282 e. The number of primary sulfonamides is 1. The molecule has 18 heavy (non-hydrogen) atoms. The second-order valence-corrected chi connectivity index (χ2v) is 7.05. The molecule has 1 aromatic rings. The number of nitrogens with two attached hydrogens (primary N) is 1. The first kappa shape index (κ1) is 14.4. The number of rotatable bonds is 4. The van der Waals surface area contributed by atoms with Crippen molar-refractivity contribution in [1.82, 2.24) is 0 Å². The Bertz CT molecular complexity index is 672. The van der Waals surface area contributed by atoms with E-state index in [1.165, 1.54) is 31.2 Å². The Kier molecular flexibility index (Phi) is 3.95. The summed E-state index contributed by atoms with van der Waals surface area (Å²) in [6, 6.07) is 6.44. The lowest BCUT2D eigenvalue weighted by atomic mass is 10.3. The van der Waals surface area contributed by atoms with E-state index in [-0.39, 0.29) is 10.6 Å². The summed E-state index contributed by atoms with van der Waals surface area (Å²) in [4.78, 5) is -0.126. The average Bonchev–Trinajstić information content (AvgIpc) is 2.26. The SMILES string of the molecule is CC(C#N)S(=O)(=O)Nc1ccc(S(N)(=O)=O)cc1. The summed E-state index contributed by atoms with van der Waals surface area (Å²) in [6.07, 6.45) is 0. The molecular weight excluding hydrogens is 278 g/mol. The van der Waals surface area contributed by atoms with Gasteiger partial charge in [-0.25, -0.2) is 22.0 Å². The van der Waals surface area contributed by atoms with Gasteiger partial charge in [0.2, 0.25) is 20.0 Å². The number of nitrogens with zero attached hydrogens (tertiary/aromatic N) is 1. The van der Waals surface area contributed by atoms with E-state index in [0.717, 1.165) is 0 Å². The van der Waals surface area contributed by atoms with E-state index < -0.39 is 25.3 Å². The number of hydrogen-bond acceptors (Lipinski definition) is 5. The predicted octanol–water partition coefficient (Wildman–Crippen LogP) is -0.0122. The van der Waals surface area contributed by atoms with Gasteiger partial charge >= 0.3 is 0 Å². The maximum atomic E-state index is 11.5. The molecule has 0 saturated carbocycles. The third-order valence-corrected chi connectivity index (χ3v) is 4.58. The molecule has 3 N–H and O–H groups in total. The zero-order valence-electron chi connectivity index (χ0n) is 9.36. The molecule has 0 spiro atoms. The summed E-state index contributed by atoms with van der Waals surface area (Å²) in [5.41, 5.74) is 0.157. The molecule has 0 aromatic heterocycles. The summed E-state index contributed by atoms with van der Waals surface area (Å²) in [5, 5.41) is 12.2. The summed E-state index contributed by atoms with van der Waals surface area (Å²) in [5.74, 6) is 0. The van der Waals surface area contributed by atoms with Crippen molar-refractivity contribution >= 4 is 25.7 Å². The van der Waals surface area contributed by atoms with Crippen molar-refractivity contribution in [1.29, 1.82) is 5.26 Å². The van der Waals surface area contributed by atoms with Crippen LogP contribution in [0, 0.1) is 11.3 Å². The molecule has 0 aliphatic rings. The first-order valence-corrected chi connectivity index (χ1v) is 7.80. The normalized spacial score (nSPS) is 13.6. The van der Waals surface area contributed by atoms with Gasteiger partial charge < -0.3 is 0 Å². The Labute approximate surface area is 105 Å². The van der Waals surface area contributed by atoms with E-state index >= 15 is 0 Å². The zero-order valence-corrected chi connectivity index (χ0v) is 11.0. The fourth-order valence-corrected chi connectivity index (χ4v) is 2.33. The highest BCUT2D eigenvalue weighted by Crippen LogP contribution is 2.15. The van der Waals surface area contributed by atoms with Crippen LogP contribution in [0.2, 0.25) is 0 Å². The van der Waals surface area contributed by atoms with Crippen molar-refractivity contribution in [3.05, 3.63) is 24.3 Å². The third-order valence-electron chi connectivity index (χ3n) is 2.09. The molecule has 0 heterocycles. The molecule has 1 rings (SSSR count). The highest BCUT2D eigenvalue weighted by Gasteiger charge is 2.20. The summed E-state index contributed by atoms with van der Waals surface area (Å²) in [7, 11) is -7.62. The highest BCUT2D eigenvalue weighted by atomic mass is 32.2. The van der Waals surface area contributed by atoms with Crippen LogP contribution in [-0.4, -0.2) is 22.1 Å². The summed E-state index contributed by atoms with van der Waals surface area (Å²) in [6.45, 7) is 1.24. The van der Waals surface area contributed by atoms with Crippen molar-refractivity contribution in [2.75, 3.05) is 4.72 Å². The molecule has 0 aliphatic heterocycles. The smallest absolute Gasteiger partial charge is 0.248 e. The Hall–Kier alpha value is -1.63. The standard InChI is InChI=1S/C9H11N3O4S2/c1-7(6-10)18(15,16)12-8-2-4-9(5-3-8)17(11,13)14/h2-5,7,12H,1H3,(H2,11,13,14). The van der Waals surface area contributed by atoms with Crippen LogP contribution in [-0.2, 0) is 20.0 Å². The molecule has 0 bridgehead atoms. The predicted molar refractivity (Wildman–Crippen MR) is 65.4 cm³/mol. The van der Waals surface area contributed by atoms with Crippen molar-refractivity contribution in [2.45, 2.75) is 17.1 Å². The molecule has 0 amide bonds. The van der Waals surface area contributed by atoms with Gasteiger partial charge in [0.05, 0.1) is 11.0 Å². The molecule has 0 fully saturated rings. The monoisotopic (exact) mass is 289 g/mol. The lowest BCUT2D eigenvalue weighted by molar-refractivity contribution is 0.596. The number of hydrogen-bond donors (Lipinski definition) is 2. The van der Waals surface area contributed by atoms with E-state index in [1.54, 1.807) is 6.07 Å². The van der Waals surface area contributed by atoms with Crippen molar-refractivity contribution in [2.24, 2.45) is 5.14 Å². The van der Waals surface area contributed by atoms with E-state index in [1.807, 2.05) is 0 Å². The van der Waals surface area contributed by atoms with Crippen LogP contribution in [0.25, 0.3) is 0 Å². The van der Waals surface area contributed by atoms with Crippen LogP contribution < -0.4 is 9.86 Å².